The summed E-state index contributed by atoms with van der Waals surface area (Å²) in [6, 6.07) is 9.02. The van der Waals surface area contributed by atoms with Gasteiger partial charge in [-0.3, -0.25) is 14.5 Å². The molecule has 3 heterocycles. The van der Waals surface area contributed by atoms with Crippen molar-refractivity contribution in [3.63, 3.8) is 0 Å². The van der Waals surface area contributed by atoms with Crippen molar-refractivity contribution in [2.45, 2.75) is 20.8 Å². The van der Waals surface area contributed by atoms with Crippen LogP contribution >= 0.6 is 11.6 Å². The summed E-state index contributed by atoms with van der Waals surface area (Å²) in [6.45, 7) is 8.15. The Balaban J connectivity index is 1.31. The van der Waals surface area contributed by atoms with E-state index in [-0.39, 0.29) is 18.4 Å². The van der Waals surface area contributed by atoms with Crippen molar-refractivity contribution in [2.24, 2.45) is 0 Å². The lowest BCUT2D eigenvalue weighted by molar-refractivity contribution is -0.117. The smallest absolute Gasteiger partial charge is 0.253 e. The van der Waals surface area contributed by atoms with E-state index >= 15 is 0 Å². The van der Waals surface area contributed by atoms with E-state index in [0.29, 0.717) is 48.3 Å². The van der Waals surface area contributed by atoms with E-state index in [2.05, 4.69) is 15.6 Å². The highest BCUT2D eigenvalue weighted by molar-refractivity contribution is 6.31. The van der Waals surface area contributed by atoms with Crippen LogP contribution in [0.4, 0.5) is 5.82 Å². The number of benzene rings is 1. The Labute approximate surface area is 190 Å². The van der Waals surface area contributed by atoms with Gasteiger partial charge in [-0.25, -0.2) is 4.68 Å². The maximum atomic E-state index is 12.9. The van der Waals surface area contributed by atoms with Gasteiger partial charge in [-0.2, -0.15) is 5.10 Å². The third kappa shape index (κ3) is 4.68. The zero-order valence-electron chi connectivity index (χ0n) is 18.3. The summed E-state index contributed by atoms with van der Waals surface area (Å²) in [4.78, 5) is 28.9. The number of carbonyl (C=O) groups is 2. The van der Waals surface area contributed by atoms with Crippen molar-refractivity contribution in [1.29, 1.82) is 0 Å². The minimum absolute atomic E-state index is 0.0230. The monoisotopic (exact) mass is 456 g/mol. The normalized spacial score (nSPS) is 14.6. The summed E-state index contributed by atoms with van der Waals surface area (Å²) < 4.78 is 6.72. The van der Waals surface area contributed by atoms with Gasteiger partial charge in [0.05, 0.1) is 28.6 Å². The molecule has 0 bridgehead atoms. The van der Waals surface area contributed by atoms with Gasteiger partial charge in [-0.1, -0.05) is 16.8 Å². The number of amides is 2. The molecule has 32 heavy (non-hydrogen) atoms. The highest BCUT2D eigenvalue weighted by Gasteiger charge is 2.24. The number of anilines is 1. The molecular formula is C22H25ClN6O3. The number of halogens is 1. The number of piperazine rings is 1. The first-order valence-electron chi connectivity index (χ1n) is 10.4. The Kier molecular flexibility index (Phi) is 6.29. The van der Waals surface area contributed by atoms with Gasteiger partial charge >= 0.3 is 0 Å². The van der Waals surface area contributed by atoms with Gasteiger partial charge < -0.3 is 14.7 Å². The summed E-state index contributed by atoms with van der Waals surface area (Å²) in [5.74, 6) is 0.870. The van der Waals surface area contributed by atoms with Crippen molar-refractivity contribution < 1.29 is 14.1 Å². The van der Waals surface area contributed by atoms with E-state index in [1.807, 2.05) is 47.9 Å². The third-order valence-electron chi connectivity index (χ3n) is 5.48. The molecule has 1 fully saturated rings. The Hall–Kier alpha value is -3.17. The first-order chi connectivity index (χ1) is 15.3. The second kappa shape index (κ2) is 9.13. The molecule has 10 heteroatoms. The average Bonchev–Trinajstić information content (AvgIpc) is 3.31. The Bertz CT molecular complexity index is 1130. The number of aryl methyl sites for hydroxylation is 2. The van der Waals surface area contributed by atoms with Gasteiger partial charge in [-0.05, 0) is 45.0 Å². The lowest BCUT2D eigenvalue weighted by Crippen LogP contribution is -2.50. The molecule has 2 amide bonds. The Morgan fingerprint density at radius 2 is 1.78 bits per heavy atom. The molecular weight excluding hydrogens is 432 g/mol. The van der Waals surface area contributed by atoms with Gasteiger partial charge in [0.25, 0.3) is 5.91 Å². The maximum absolute atomic E-state index is 12.9. The van der Waals surface area contributed by atoms with Crippen LogP contribution in [0.15, 0.2) is 34.9 Å². The molecule has 4 rings (SSSR count). The molecule has 0 atom stereocenters. The van der Waals surface area contributed by atoms with Crippen LogP contribution in [0.2, 0.25) is 5.02 Å². The van der Waals surface area contributed by atoms with E-state index in [1.165, 1.54) is 0 Å². The SMILES string of the molecule is Cc1cc(NC(=O)CN2CCN(C(=O)c3ccc(-n4nc(C)c(Cl)c4C)cc3)CC2)no1. The van der Waals surface area contributed by atoms with Crippen LogP contribution in [0, 0.1) is 20.8 Å². The van der Waals surface area contributed by atoms with Crippen LogP contribution in [-0.4, -0.2) is 69.3 Å². The number of hydrogen-bond donors (Lipinski definition) is 1. The molecule has 1 N–H and O–H groups in total. The molecule has 1 saturated heterocycles. The highest BCUT2D eigenvalue weighted by atomic mass is 35.5. The van der Waals surface area contributed by atoms with E-state index in [4.69, 9.17) is 16.1 Å². The molecule has 0 aliphatic carbocycles. The molecule has 1 aromatic carbocycles. The summed E-state index contributed by atoms with van der Waals surface area (Å²) in [7, 11) is 0. The van der Waals surface area contributed by atoms with E-state index in [9.17, 15) is 9.59 Å². The van der Waals surface area contributed by atoms with Gasteiger partial charge in [0, 0.05) is 37.8 Å². The molecule has 0 unspecified atom stereocenters. The van der Waals surface area contributed by atoms with Crippen molar-refractivity contribution in [1.82, 2.24) is 24.7 Å². The molecule has 0 radical (unpaired) electrons. The third-order valence-corrected chi connectivity index (χ3v) is 6.03. The number of nitrogens with one attached hydrogen (secondary N) is 1. The van der Waals surface area contributed by atoms with Crippen LogP contribution in [-0.2, 0) is 4.79 Å². The van der Waals surface area contributed by atoms with E-state index < -0.39 is 0 Å². The van der Waals surface area contributed by atoms with Crippen LogP contribution in [0.25, 0.3) is 5.69 Å². The summed E-state index contributed by atoms with van der Waals surface area (Å²) in [5, 5.41) is 11.6. The van der Waals surface area contributed by atoms with Crippen molar-refractivity contribution in [3.8, 4) is 5.69 Å². The van der Waals surface area contributed by atoms with Crippen molar-refractivity contribution in [3.05, 3.63) is 58.1 Å². The first-order valence-corrected chi connectivity index (χ1v) is 10.8. The minimum Gasteiger partial charge on any atom is -0.360 e. The molecule has 3 aromatic rings. The number of hydrogen-bond acceptors (Lipinski definition) is 6. The Morgan fingerprint density at radius 1 is 1.09 bits per heavy atom. The summed E-state index contributed by atoms with van der Waals surface area (Å²) in [5.41, 5.74) is 3.11. The molecule has 168 valence electrons. The number of nitrogens with zero attached hydrogens (tertiary/aromatic N) is 5. The maximum Gasteiger partial charge on any atom is 0.253 e. The van der Waals surface area contributed by atoms with Gasteiger partial charge in [0.15, 0.2) is 5.82 Å². The highest BCUT2D eigenvalue weighted by Crippen LogP contribution is 2.22. The fraction of sp³-hybridized carbons (Fsp3) is 0.364. The Morgan fingerprint density at radius 3 is 2.34 bits per heavy atom. The predicted octanol–water partition coefficient (Wildman–Crippen LogP) is 2.84. The molecule has 0 saturated carbocycles. The van der Waals surface area contributed by atoms with Gasteiger partial charge in [0.2, 0.25) is 5.91 Å². The van der Waals surface area contributed by atoms with Crippen LogP contribution < -0.4 is 5.32 Å². The number of carbonyl (C=O) groups excluding carboxylic acids is 2. The lowest BCUT2D eigenvalue weighted by Gasteiger charge is -2.34. The average molecular weight is 457 g/mol. The largest absolute Gasteiger partial charge is 0.360 e. The molecule has 9 nitrogen and oxygen atoms in total. The molecule has 1 aliphatic heterocycles. The lowest BCUT2D eigenvalue weighted by atomic mass is 10.1. The zero-order chi connectivity index (χ0) is 22.8. The van der Waals surface area contributed by atoms with Crippen LogP contribution in [0.1, 0.15) is 27.5 Å². The number of rotatable bonds is 5. The van der Waals surface area contributed by atoms with Gasteiger partial charge in [0.1, 0.15) is 5.76 Å². The number of aromatic nitrogens is 3. The fourth-order valence-corrected chi connectivity index (χ4v) is 3.84. The van der Waals surface area contributed by atoms with Crippen molar-refractivity contribution >= 4 is 29.2 Å². The molecule has 1 aliphatic rings. The quantitative estimate of drug-likeness (QED) is 0.634. The second-order valence-corrected chi connectivity index (χ2v) is 8.26. The second-order valence-electron chi connectivity index (χ2n) is 7.88. The van der Waals surface area contributed by atoms with Crippen LogP contribution in [0.5, 0.6) is 0 Å². The fourth-order valence-electron chi connectivity index (χ4n) is 3.72. The summed E-state index contributed by atoms with van der Waals surface area (Å²) in [6.07, 6.45) is 0. The van der Waals surface area contributed by atoms with Crippen LogP contribution in [0.3, 0.4) is 0 Å². The minimum atomic E-state index is -0.155. The van der Waals surface area contributed by atoms with Gasteiger partial charge in [-0.15, -0.1) is 0 Å². The molecule has 0 spiro atoms. The first kappa shape index (κ1) is 22.0. The predicted molar refractivity (Wildman–Crippen MR) is 120 cm³/mol. The zero-order valence-corrected chi connectivity index (χ0v) is 19.0. The molecule has 2 aromatic heterocycles. The summed E-state index contributed by atoms with van der Waals surface area (Å²) >= 11 is 6.24. The van der Waals surface area contributed by atoms with E-state index in [0.717, 1.165) is 17.1 Å². The standard InChI is InChI=1S/C22H25ClN6O3/c1-14-12-19(26-32-14)24-20(30)13-27-8-10-28(11-9-27)22(31)17-4-6-18(7-5-17)29-16(3)21(23)15(2)25-29/h4-7,12H,8-11,13H2,1-3H3,(H,24,26,30). The topological polar surface area (TPSA) is 96.5 Å². The van der Waals surface area contributed by atoms with Crippen molar-refractivity contribution in [2.75, 3.05) is 38.0 Å². The van der Waals surface area contributed by atoms with E-state index in [1.54, 1.807) is 17.7 Å².